The van der Waals surface area contributed by atoms with E-state index in [1.807, 2.05) is 24.3 Å². The second-order valence-electron chi connectivity index (χ2n) is 7.69. The molecule has 5 rings (SSSR count). The number of benzene rings is 1. The largest absolute Gasteiger partial charge is 0.470 e. The molecule has 2 aliphatic heterocycles. The van der Waals surface area contributed by atoms with Gasteiger partial charge >= 0.3 is 0 Å². The van der Waals surface area contributed by atoms with Crippen LogP contribution in [0.1, 0.15) is 12.8 Å². The highest BCUT2D eigenvalue weighted by atomic mass is 79.9. The quantitative estimate of drug-likeness (QED) is 0.522. The van der Waals surface area contributed by atoms with Crippen LogP contribution in [0.25, 0.3) is 10.9 Å². The van der Waals surface area contributed by atoms with Gasteiger partial charge in [0.25, 0.3) is 0 Å². The van der Waals surface area contributed by atoms with Crippen LogP contribution >= 0.6 is 27.5 Å². The molecule has 4 heterocycles. The fraction of sp³-hybridized carbons (Fsp3) is 0.409. The summed E-state index contributed by atoms with van der Waals surface area (Å²) in [5.41, 5.74) is 1.000. The number of fused-ring (bicyclic) bond motifs is 1. The first-order valence-corrected chi connectivity index (χ1v) is 11.6. The van der Waals surface area contributed by atoms with Gasteiger partial charge in [-0.2, -0.15) is 4.98 Å². The molecule has 9 heteroatoms. The maximum atomic E-state index is 8.65. The molecule has 31 heavy (non-hydrogen) atoms. The number of nitrogens with zero attached hydrogens (tertiary/aromatic N) is 4. The molecule has 0 bridgehead atoms. The van der Waals surface area contributed by atoms with E-state index in [2.05, 4.69) is 53.2 Å². The van der Waals surface area contributed by atoms with Crippen molar-refractivity contribution in [1.29, 1.82) is 0 Å². The summed E-state index contributed by atoms with van der Waals surface area (Å²) in [4.78, 5) is 14.8. The molecule has 1 aromatic carbocycles. The van der Waals surface area contributed by atoms with Crippen molar-refractivity contribution in [3.05, 3.63) is 52.4 Å². The Bertz CT molecular complexity index is 1010. The van der Waals surface area contributed by atoms with Gasteiger partial charge < -0.3 is 20.1 Å². The highest BCUT2D eigenvalue weighted by molar-refractivity contribution is 9.10. The molecule has 3 aromatic rings. The second-order valence-corrected chi connectivity index (χ2v) is 8.89. The summed E-state index contributed by atoms with van der Waals surface area (Å²) in [7, 11) is 0. The standard InChI is InChI=1S/C16H12BrClN4O.C6H13NO/c17-12-7-19-16(18)21-15(12)23-11-8-22(9-11)14-6-5-10-3-1-2-4-13(10)20-14;8-5-6-2-1-3-7-4-6/h1-7,11H,8-9H2;6-8H,1-5H2. The molecule has 0 aliphatic carbocycles. The lowest BCUT2D eigenvalue weighted by Gasteiger charge is -2.39. The summed E-state index contributed by atoms with van der Waals surface area (Å²) in [5, 5.41) is 13.2. The Kier molecular flexibility index (Phi) is 7.55. The lowest BCUT2D eigenvalue weighted by Crippen LogP contribution is -2.54. The SMILES string of the molecule is Clc1ncc(Br)c(OC2CN(c3ccc4ccccc4n3)C2)n1.OCC1CCCNC1. The number of pyridine rings is 1. The van der Waals surface area contributed by atoms with Gasteiger partial charge in [0.2, 0.25) is 11.2 Å². The number of halogens is 2. The number of para-hydroxylation sites is 1. The summed E-state index contributed by atoms with van der Waals surface area (Å²) in [6.45, 7) is 4.03. The minimum absolute atomic E-state index is 0.0607. The molecule has 0 saturated carbocycles. The van der Waals surface area contributed by atoms with Gasteiger partial charge in [-0.1, -0.05) is 18.2 Å². The Morgan fingerprint density at radius 2 is 2.03 bits per heavy atom. The van der Waals surface area contributed by atoms with Crippen LogP contribution in [0.15, 0.2) is 47.1 Å². The Labute approximate surface area is 194 Å². The fourth-order valence-electron chi connectivity index (χ4n) is 3.58. The zero-order valence-corrected chi connectivity index (χ0v) is 19.4. The Morgan fingerprint density at radius 1 is 1.19 bits per heavy atom. The molecule has 1 atom stereocenters. The predicted molar refractivity (Wildman–Crippen MR) is 126 cm³/mol. The molecular weight excluding hydrogens is 482 g/mol. The van der Waals surface area contributed by atoms with Crippen LogP contribution in [-0.4, -0.2) is 58.9 Å². The van der Waals surface area contributed by atoms with E-state index < -0.39 is 0 Å². The molecule has 2 saturated heterocycles. The molecule has 164 valence electrons. The third-order valence-electron chi connectivity index (χ3n) is 5.37. The van der Waals surface area contributed by atoms with E-state index in [0.29, 0.717) is 22.9 Å². The summed E-state index contributed by atoms with van der Waals surface area (Å²) in [6, 6.07) is 12.2. The number of anilines is 1. The van der Waals surface area contributed by atoms with Crippen LogP contribution in [0.5, 0.6) is 5.88 Å². The first-order chi connectivity index (χ1) is 15.1. The summed E-state index contributed by atoms with van der Waals surface area (Å²) < 4.78 is 6.55. The summed E-state index contributed by atoms with van der Waals surface area (Å²) >= 11 is 9.16. The molecule has 0 spiro atoms. The predicted octanol–water partition coefficient (Wildman–Crippen LogP) is 3.69. The van der Waals surface area contributed by atoms with E-state index >= 15 is 0 Å². The number of hydrogen-bond donors (Lipinski definition) is 2. The molecule has 1 unspecified atom stereocenters. The van der Waals surface area contributed by atoms with E-state index in [9.17, 15) is 0 Å². The van der Waals surface area contributed by atoms with Crippen LogP contribution in [0.3, 0.4) is 0 Å². The van der Waals surface area contributed by atoms with Crippen molar-refractivity contribution in [2.75, 3.05) is 37.7 Å². The Hall–Kier alpha value is -2.00. The van der Waals surface area contributed by atoms with Crippen molar-refractivity contribution in [3.8, 4) is 5.88 Å². The fourth-order valence-corrected chi connectivity index (χ4v) is 3.99. The first kappa shape index (κ1) is 22.2. The van der Waals surface area contributed by atoms with Crippen molar-refractivity contribution < 1.29 is 9.84 Å². The lowest BCUT2D eigenvalue weighted by atomic mass is 10.0. The zero-order chi connectivity index (χ0) is 21.6. The zero-order valence-electron chi connectivity index (χ0n) is 17.0. The summed E-state index contributed by atoms with van der Waals surface area (Å²) in [5.74, 6) is 1.97. The highest BCUT2D eigenvalue weighted by Gasteiger charge is 2.30. The normalized spacial score (nSPS) is 18.8. The number of aromatic nitrogens is 3. The van der Waals surface area contributed by atoms with E-state index in [0.717, 1.165) is 42.9 Å². The number of aliphatic hydroxyl groups is 1. The smallest absolute Gasteiger partial charge is 0.232 e. The lowest BCUT2D eigenvalue weighted by molar-refractivity contribution is 0.158. The highest BCUT2D eigenvalue weighted by Crippen LogP contribution is 2.28. The number of nitrogens with one attached hydrogen (secondary N) is 1. The maximum Gasteiger partial charge on any atom is 0.232 e. The van der Waals surface area contributed by atoms with Crippen molar-refractivity contribution in [2.45, 2.75) is 18.9 Å². The average Bonchev–Trinajstić information content (AvgIpc) is 2.79. The van der Waals surface area contributed by atoms with Gasteiger partial charge in [0, 0.05) is 24.7 Å². The number of ether oxygens (including phenoxy) is 1. The van der Waals surface area contributed by atoms with Gasteiger partial charge in [-0.25, -0.2) is 9.97 Å². The number of rotatable bonds is 4. The number of aliphatic hydroxyl groups excluding tert-OH is 1. The number of piperidine rings is 1. The Morgan fingerprint density at radius 3 is 2.77 bits per heavy atom. The molecule has 2 N–H and O–H groups in total. The van der Waals surface area contributed by atoms with Crippen molar-refractivity contribution in [1.82, 2.24) is 20.3 Å². The monoisotopic (exact) mass is 505 g/mol. The van der Waals surface area contributed by atoms with Crippen LogP contribution in [-0.2, 0) is 0 Å². The second kappa shape index (κ2) is 10.5. The minimum atomic E-state index is 0.0607. The molecular formula is C22H25BrClN5O2. The van der Waals surface area contributed by atoms with Gasteiger partial charge in [-0.05, 0) is 71.0 Å². The van der Waals surface area contributed by atoms with Crippen molar-refractivity contribution in [2.24, 2.45) is 5.92 Å². The van der Waals surface area contributed by atoms with Gasteiger partial charge in [-0.15, -0.1) is 0 Å². The first-order valence-electron chi connectivity index (χ1n) is 10.4. The molecule has 2 aliphatic rings. The molecule has 2 fully saturated rings. The van der Waals surface area contributed by atoms with Crippen LogP contribution in [0.2, 0.25) is 5.28 Å². The molecule has 0 radical (unpaired) electrons. The van der Waals surface area contributed by atoms with Crippen LogP contribution in [0.4, 0.5) is 5.82 Å². The Balaban J connectivity index is 0.000000245. The average molecular weight is 507 g/mol. The topological polar surface area (TPSA) is 83.4 Å². The van der Waals surface area contributed by atoms with E-state index in [1.165, 1.54) is 12.8 Å². The van der Waals surface area contributed by atoms with Crippen LogP contribution < -0.4 is 15.0 Å². The third-order valence-corrected chi connectivity index (χ3v) is 6.10. The van der Waals surface area contributed by atoms with Gasteiger partial charge in [0.1, 0.15) is 11.9 Å². The molecule has 0 amide bonds. The van der Waals surface area contributed by atoms with E-state index in [-0.39, 0.29) is 11.4 Å². The minimum Gasteiger partial charge on any atom is -0.470 e. The van der Waals surface area contributed by atoms with E-state index in [4.69, 9.17) is 21.4 Å². The third kappa shape index (κ3) is 5.83. The van der Waals surface area contributed by atoms with Crippen molar-refractivity contribution in [3.63, 3.8) is 0 Å². The van der Waals surface area contributed by atoms with Crippen molar-refractivity contribution >= 4 is 44.3 Å². The number of hydrogen-bond acceptors (Lipinski definition) is 7. The maximum absolute atomic E-state index is 8.65. The summed E-state index contributed by atoms with van der Waals surface area (Å²) in [6.07, 6.45) is 4.08. The van der Waals surface area contributed by atoms with Gasteiger partial charge in [-0.3, -0.25) is 0 Å². The molecule has 2 aromatic heterocycles. The molecule has 7 nitrogen and oxygen atoms in total. The van der Waals surface area contributed by atoms with Gasteiger partial charge in [0.05, 0.1) is 23.1 Å². The van der Waals surface area contributed by atoms with E-state index in [1.54, 1.807) is 6.20 Å². The van der Waals surface area contributed by atoms with Crippen LogP contribution in [0, 0.1) is 5.92 Å². The van der Waals surface area contributed by atoms with Gasteiger partial charge in [0.15, 0.2) is 0 Å².